The van der Waals surface area contributed by atoms with E-state index in [1.165, 1.54) is 15.9 Å². The van der Waals surface area contributed by atoms with Crippen LogP contribution in [0.3, 0.4) is 0 Å². The molecule has 0 aliphatic carbocycles. The van der Waals surface area contributed by atoms with Gasteiger partial charge in [-0.15, -0.1) is 0 Å². The predicted molar refractivity (Wildman–Crippen MR) is 70.2 cm³/mol. The molecule has 2 aromatic rings. The zero-order chi connectivity index (χ0) is 10.8. The maximum Gasteiger partial charge on any atom is 0.150 e. The quantitative estimate of drug-likeness (QED) is 0.697. The fraction of sp³-hybridized carbons (Fsp3) is 0.308. The Morgan fingerprint density at radius 3 is 2.62 bits per heavy atom. The van der Waals surface area contributed by atoms with Gasteiger partial charge in [-0.1, -0.05) is 24.3 Å². The first-order valence-corrected chi connectivity index (χ1v) is 6.47. The van der Waals surface area contributed by atoms with Crippen molar-refractivity contribution < 1.29 is 0 Å². The van der Waals surface area contributed by atoms with E-state index in [0.29, 0.717) is 0 Å². The van der Waals surface area contributed by atoms with Gasteiger partial charge in [-0.2, -0.15) is 4.37 Å². The average Bonchev–Trinajstić information content (AvgIpc) is 2.57. The van der Waals surface area contributed by atoms with Crippen LogP contribution in [0.1, 0.15) is 12.8 Å². The Morgan fingerprint density at radius 2 is 1.81 bits per heavy atom. The van der Waals surface area contributed by atoms with E-state index in [-0.39, 0.29) is 0 Å². The van der Waals surface area contributed by atoms with Gasteiger partial charge in [0.2, 0.25) is 0 Å². The molecule has 3 heteroatoms. The van der Waals surface area contributed by atoms with Gasteiger partial charge in [0.15, 0.2) is 0 Å². The minimum absolute atomic E-state index is 1.09. The molecule has 3 rings (SSSR count). The second kappa shape index (κ2) is 4.26. The van der Waals surface area contributed by atoms with E-state index < -0.39 is 0 Å². The van der Waals surface area contributed by atoms with Crippen molar-refractivity contribution in [2.75, 3.05) is 18.0 Å². The van der Waals surface area contributed by atoms with E-state index in [1.807, 2.05) is 0 Å². The summed E-state index contributed by atoms with van der Waals surface area (Å²) < 4.78 is 5.89. The zero-order valence-electron chi connectivity index (χ0n) is 9.10. The highest BCUT2D eigenvalue weighted by Crippen LogP contribution is 2.29. The highest BCUT2D eigenvalue weighted by Gasteiger charge is 2.13. The summed E-state index contributed by atoms with van der Waals surface area (Å²) in [6.45, 7) is 2.18. The first kappa shape index (κ1) is 9.85. The Morgan fingerprint density at radius 1 is 1.06 bits per heavy atom. The number of anilines is 1. The Labute approximate surface area is 99.4 Å². The first-order valence-electron chi connectivity index (χ1n) is 5.69. The Bertz CT molecular complexity index is 505. The standard InChI is InChI=1S/C13H14N2S/c1-2-6-10-15(9-5-1)13-11-7-3-4-8-12(11)16-14-13/h1-4,7-8H,5-6,9-10H2. The molecule has 1 aliphatic rings. The largest absolute Gasteiger partial charge is 0.355 e. The summed E-state index contributed by atoms with van der Waals surface area (Å²) in [5.74, 6) is 1.17. The minimum atomic E-state index is 1.09. The molecule has 0 N–H and O–H groups in total. The third-order valence-electron chi connectivity index (χ3n) is 2.96. The van der Waals surface area contributed by atoms with Gasteiger partial charge in [0.25, 0.3) is 0 Å². The number of rotatable bonds is 1. The summed E-state index contributed by atoms with van der Waals surface area (Å²) in [5.41, 5.74) is 0. The average molecular weight is 230 g/mol. The van der Waals surface area contributed by atoms with Gasteiger partial charge in [0, 0.05) is 18.5 Å². The zero-order valence-corrected chi connectivity index (χ0v) is 9.91. The highest BCUT2D eigenvalue weighted by atomic mass is 32.1. The monoisotopic (exact) mass is 230 g/mol. The number of hydrogen-bond acceptors (Lipinski definition) is 3. The molecular formula is C13H14N2S. The molecule has 0 bridgehead atoms. The molecule has 1 aliphatic heterocycles. The maximum absolute atomic E-state index is 4.60. The SMILES string of the molecule is C1=CCCN(c2nsc3ccccc23)CC1. The molecule has 1 aromatic carbocycles. The van der Waals surface area contributed by atoms with Crippen molar-refractivity contribution in [1.82, 2.24) is 4.37 Å². The van der Waals surface area contributed by atoms with Gasteiger partial charge in [0.05, 0.1) is 4.70 Å². The maximum atomic E-state index is 4.60. The molecular weight excluding hydrogens is 216 g/mol. The minimum Gasteiger partial charge on any atom is -0.355 e. The van der Waals surface area contributed by atoms with Crippen LogP contribution in [0, 0.1) is 0 Å². The van der Waals surface area contributed by atoms with Crippen molar-refractivity contribution in [2.24, 2.45) is 0 Å². The number of nitrogens with zero attached hydrogens (tertiary/aromatic N) is 2. The lowest BCUT2D eigenvalue weighted by Gasteiger charge is -2.19. The van der Waals surface area contributed by atoms with E-state index in [4.69, 9.17) is 0 Å². The summed E-state index contributed by atoms with van der Waals surface area (Å²) in [6, 6.07) is 8.49. The Balaban J connectivity index is 1.98. The Hall–Kier alpha value is -1.35. The van der Waals surface area contributed by atoms with E-state index in [2.05, 4.69) is 45.7 Å². The van der Waals surface area contributed by atoms with E-state index in [9.17, 15) is 0 Å². The molecule has 0 fully saturated rings. The third kappa shape index (κ3) is 1.71. The lowest BCUT2D eigenvalue weighted by Crippen LogP contribution is -2.24. The van der Waals surface area contributed by atoms with Crippen LogP contribution in [0.4, 0.5) is 5.82 Å². The van der Waals surface area contributed by atoms with Crippen molar-refractivity contribution in [3.05, 3.63) is 36.4 Å². The van der Waals surface area contributed by atoms with Crippen LogP contribution >= 0.6 is 11.5 Å². The molecule has 2 heterocycles. The van der Waals surface area contributed by atoms with Crippen molar-refractivity contribution in [3.63, 3.8) is 0 Å². The second-order valence-corrected chi connectivity index (χ2v) is 4.84. The smallest absolute Gasteiger partial charge is 0.150 e. The fourth-order valence-electron chi connectivity index (χ4n) is 2.12. The molecule has 0 atom stereocenters. The number of benzene rings is 1. The van der Waals surface area contributed by atoms with Gasteiger partial charge in [0.1, 0.15) is 5.82 Å². The molecule has 2 nitrogen and oxygen atoms in total. The second-order valence-electron chi connectivity index (χ2n) is 4.04. The lowest BCUT2D eigenvalue weighted by molar-refractivity contribution is 0.806. The van der Waals surface area contributed by atoms with Gasteiger partial charge >= 0.3 is 0 Å². The summed E-state index contributed by atoms with van der Waals surface area (Å²) >= 11 is 1.60. The summed E-state index contributed by atoms with van der Waals surface area (Å²) in [6.07, 6.45) is 6.81. The molecule has 0 spiro atoms. The topological polar surface area (TPSA) is 16.1 Å². The molecule has 16 heavy (non-hydrogen) atoms. The van der Waals surface area contributed by atoms with E-state index in [0.717, 1.165) is 25.9 Å². The summed E-state index contributed by atoms with van der Waals surface area (Å²) in [4.78, 5) is 2.40. The normalized spacial score (nSPS) is 16.6. The first-order chi connectivity index (χ1) is 7.95. The summed E-state index contributed by atoms with van der Waals surface area (Å²) in [7, 11) is 0. The molecule has 0 saturated carbocycles. The Kier molecular flexibility index (Phi) is 2.62. The molecule has 0 amide bonds. The molecule has 0 saturated heterocycles. The van der Waals surface area contributed by atoms with Crippen LogP contribution in [0.5, 0.6) is 0 Å². The van der Waals surface area contributed by atoms with Crippen molar-refractivity contribution in [3.8, 4) is 0 Å². The van der Waals surface area contributed by atoms with Crippen molar-refractivity contribution >= 4 is 27.4 Å². The third-order valence-corrected chi connectivity index (χ3v) is 3.77. The summed E-state index contributed by atoms with van der Waals surface area (Å²) in [5, 5.41) is 1.30. The van der Waals surface area contributed by atoms with Crippen LogP contribution in [0.2, 0.25) is 0 Å². The van der Waals surface area contributed by atoms with Crippen molar-refractivity contribution in [2.45, 2.75) is 12.8 Å². The van der Waals surface area contributed by atoms with Crippen LogP contribution in [0.15, 0.2) is 36.4 Å². The van der Waals surface area contributed by atoms with E-state index >= 15 is 0 Å². The van der Waals surface area contributed by atoms with Crippen LogP contribution in [0.25, 0.3) is 10.1 Å². The molecule has 82 valence electrons. The van der Waals surface area contributed by atoms with Gasteiger partial charge < -0.3 is 4.90 Å². The fourth-order valence-corrected chi connectivity index (χ4v) is 2.92. The van der Waals surface area contributed by atoms with Gasteiger partial charge in [-0.25, -0.2) is 0 Å². The number of aromatic nitrogens is 1. The van der Waals surface area contributed by atoms with Crippen LogP contribution in [-0.2, 0) is 0 Å². The van der Waals surface area contributed by atoms with Crippen LogP contribution < -0.4 is 4.90 Å². The van der Waals surface area contributed by atoms with Gasteiger partial charge in [-0.05, 0) is 36.5 Å². The van der Waals surface area contributed by atoms with E-state index in [1.54, 1.807) is 11.5 Å². The number of fused-ring (bicyclic) bond motifs is 1. The van der Waals surface area contributed by atoms with Crippen LogP contribution in [-0.4, -0.2) is 17.5 Å². The molecule has 1 aromatic heterocycles. The molecule has 0 radical (unpaired) electrons. The lowest BCUT2D eigenvalue weighted by atomic mass is 10.2. The highest BCUT2D eigenvalue weighted by molar-refractivity contribution is 7.13. The molecule has 0 unspecified atom stereocenters. The number of hydrogen-bond donors (Lipinski definition) is 0. The van der Waals surface area contributed by atoms with Crippen molar-refractivity contribution in [1.29, 1.82) is 0 Å². The predicted octanol–water partition coefficient (Wildman–Crippen LogP) is 3.45. The van der Waals surface area contributed by atoms with Gasteiger partial charge in [-0.3, -0.25) is 0 Å².